The van der Waals surface area contributed by atoms with E-state index in [2.05, 4.69) is 27.7 Å². The Kier molecular flexibility index (Phi) is 3.42. The molecule has 0 aliphatic heterocycles. The second kappa shape index (κ2) is 5.35. The zero-order valence-electron chi connectivity index (χ0n) is 12.6. The van der Waals surface area contributed by atoms with Crippen LogP contribution in [0.1, 0.15) is 17.7 Å². The Morgan fingerprint density at radius 3 is 2.83 bits per heavy atom. The van der Waals surface area contributed by atoms with E-state index in [1.165, 1.54) is 28.4 Å². The minimum absolute atomic E-state index is 0.272. The van der Waals surface area contributed by atoms with Gasteiger partial charge in [0.2, 0.25) is 5.91 Å². The van der Waals surface area contributed by atoms with Crippen molar-refractivity contribution in [1.82, 2.24) is 9.36 Å². The molecule has 1 aliphatic rings. The second-order valence-corrected chi connectivity index (χ2v) is 7.58. The topological polar surface area (TPSA) is 54.9 Å². The van der Waals surface area contributed by atoms with Crippen molar-refractivity contribution in [1.29, 1.82) is 0 Å². The first-order valence-corrected chi connectivity index (χ1v) is 8.90. The first kappa shape index (κ1) is 14.7. The highest BCUT2D eigenvalue weighted by molar-refractivity contribution is 7.22. The predicted octanol–water partition coefficient (Wildman–Crippen LogP) is 4.33. The van der Waals surface area contributed by atoms with E-state index >= 15 is 0 Å². The minimum Gasteiger partial charge on any atom is -0.302 e. The summed E-state index contributed by atoms with van der Waals surface area (Å²) < 4.78 is 18.3. The summed E-state index contributed by atoms with van der Waals surface area (Å²) >= 11 is 2.90. The summed E-state index contributed by atoms with van der Waals surface area (Å²) in [6.07, 6.45) is -0.668. The summed E-state index contributed by atoms with van der Waals surface area (Å²) in [5.41, 5.74) is 4.18. The molecular formula is C16H14FN3OS2. The third-order valence-electron chi connectivity index (χ3n) is 4.09. The van der Waals surface area contributed by atoms with E-state index in [1.807, 2.05) is 19.1 Å². The molecule has 3 aromatic rings. The first-order chi connectivity index (χ1) is 11.0. The molecule has 0 spiro atoms. The van der Waals surface area contributed by atoms with Crippen LogP contribution in [0.15, 0.2) is 18.2 Å². The average molecular weight is 347 g/mol. The molecule has 2 heterocycles. The van der Waals surface area contributed by atoms with Crippen LogP contribution in [-0.4, -0.2) is 21.4 Å². The molecule has 4 nitrogen and oxygen atoms in total. The van der Waals surface area contributed by atoms with E-state index in [-0.39, 0.29) is 5.91 Å². The summed E-state index contributed by atoms with van der Waals surface area (Å²) in [5, 5.41) is 3.24. The van der Waals surface area contributed by atoms with Crippen LogP contribution in [0.2, 0.25) is 0 Å². The minimum atomic E-state index is -0.992. The Morgan fingerprint density at radius 1 is 1.39 bits per heavy atom. The largest absolute Gasteiger partial charge is 0.302 e. The predicted molar refractivity (Wildman–Crippen MR) is 91.8 cm³/mol. The lowest BCUT2D eigenvalue weighted by Crippen LogP contribution is -2.14. The fraction of sp³-hybridized carbons (Fsp3) is 0.312. The van der Waals surface area contributed by atoms with Crippen molar-refractivity contribution in [2.45, 2.75) is 26.4 Å². The van der Waals surface area contributed by atoms with Gasteiger partial charge in [0.25, 0.3) is 0 Å². The molecule has 118 valence electrons. The molecular weight excluding hydrogens is 333 g/mol. The number of fused-ring (bicyclic) bond motifs is 1. The highest BCUT2D eigenvalue weighted by atomic mass is 32.1. The molecule has 0 bridgehead atoms. The molecule has 1 N–H and O–H groups in total. The number of alkyl halides is 1. The van der Waals surface area contributed by atoms with E-state index in [0.29, 0.717) is 11.6 Å². The fourth-order valence-electron chi connectivity index (χ4n) is 2.44. The Bertz CT molecular complexity index is 917. The van der Waals surface area contributed by atoms with Gasteiger partial charge in [0, 0.05) is 0 Å². The first-order valence-electron chi connectivity index (χ1n) is 7.31. The molecule has 7 heteroatoms. The summed E-state index contributed by atoms with van der Waals surface area (Å²) in [5.74, 6) is -0.772. The lowest BCUT2D eigenvalue weighted by molar-refractivity contribution is -0.117. The highest BCUT2D eigenvalue weighted by Gasteiger charge is 2.43. The molecule has 1 unspecified atom stereocenters. The van der Waals surface area contributed by atoms with Crippen LogP contribution in [0.25, 0.3) is 20.7 Å². The smallest absolute Gasteiger partial charge is 0.232 e. The number of aromatic nitrogens is 2. The van der Waals surface area contributed by atoms with Crippen molar-refractivity contribution >= 4 is 44.1 Å². The number of carbonyl (C=O) groups excluding carboxylic acids is 1. The quantitative estimate of drug-likeness (QED) is 0.767. The zero-order valence-corrected chi connectivity index (χ0v) is 14.2. The van der Waals surface area contributed by atoms with Gasteiger partial charge in [0.15, 0.2) is 5.13 Å². The standard InChI is InChI=1S/C16H14FN3OS2/c1-7-8(2)20-23-14(7)9-3-4-12-13(5-9)22-16(18-12)19-15(21)10-6-11(10)17/h3-5,10-11H,6H2,1-2H3,(H,18,19,21)/t10-,11?/m1/s1. The zero-order chi connectivity index (χ0) is 16.1. The maximum atomic E-state index is 12.9. The fourth-order valence-corrected chi connectivity index (χ4v) is 4.23. The molecule has 0 saturated heterocycles. The van der Waals surface area contributed by atoms with Crippen LogP contribution in [0.3, 0.4) is 0 Å². The Labute approximate surface area is 140 Å². The molecule has 1 amide bonds. The number of amides is 1. The van der Waals surface area contributed by atoms with Gasteiger partial charge in [-0.1, -0.05) is 17.4 Å². The summed E-state index contributed by atoms with van der Waals surface area (Å²) in [7, 11) is 0. The number of nitrogens with zero attached hydrogens (tertiary/aromatic N) is 2. The number of aryl methyl sites for hydroxylation is 1. The van der Waals surface area contributed by atoms with Gasteiger partial charge in [0.1, 0.15) is 6.17 Å². The summed E-state index contributed by atoms with van der Waals surface area (Å²) in [6.45, 7) is 4.07. The van der Waals surface area contributed by atoms with E-state index in [1.54, 1.807) is 0 Å². The number of hydrogen-bond donors (Lipinski definition) is 1. The summed E-state index contributed by atoms with van der Waals surface area (Å²) in [4.78, 5) is 17.4. The molecule has 1 aromatic carbocycles. The van der Waals surface area contributed by atoms with Crippen molar-refractivity contribution in [2.75, 3.05) is 5.32 Å². The average Bonchev–Trinajstić information content (AvgIpc) is 2.98. The molecule has 4 rings (SSSR count). The third-order valence-corrected chi connectivity index (χ3v) is 6.11. The monoisotopic (exact) mass is 347 g/mol. The number of thiazole rings is 1. The van der Waals surface area contributed by atoms with Crippen LogP contribution in [0.4, 0.5) is 9.52 Å². The van der Waals surface area contributed by atoms with Gasteiger partial charge in [-0.3, -0.25) is 4.79 Å². The Hall–Kier alpha value is -1.86. The van der Waals surface area contributed by atoms with Gasteiger partial charge in [-0.15, -0.1) is 0 Å². The second-order valence-electron chi connectivity index (χ2n) is 5.77. The number of benzene rings is 1. The lowest BCUT2D eigenvalue weighted by atomic mass is 10.1. The van der Waals surface area contributed by atoms with Crippen molar-refractivity contribution in [2.24, 2.45) is 5.92 Å². The maximum Gasteiger partial charge on any atom is 0.232 e. The third kappa shape index (κ3) is 2.64. The molecule has 2 aromatic heterocycles. The van der Waals surface area contributed by atoms with Gasteiger partial charge < -0.3 is 5.32 Å². The van der Waals surface area contributed by atoms with Gasteiger partial charge in [0.05, 0.1) is 26.7 Å². The normalized spacial score (nSPS) is 20.0. The van der Waals surface area contributed by atoms with Crippen molar-refractivity contribution < 1.29 is 9.18 Å². The summed E-state index contributed by atoms with van der Waals surface area (Å²) in [6, 6.07) is 6.03. The van der Waals surface area contributed by atoms with Crippen LogP contribution >= 0.6 is 22.9 Å². The van der Waals surface area contributed by atoms with Gasteiger partial charge in [-0.25, -0.2) is 9.37 Å². The molecule has 0 radical (unpaired) electrons. The SMILES string of the molecule is Cc1nsc(-c2ccc3nc(NC(=O)[C@@H]4CC4F)sc3c2)c1C. The van der Waals surface area contributed by atoms with Crippen LogP contribution in [0.5, 0.6) is 0 Å². The van der Waals surface area contributed by atoms with Crippen LogP contribution < -0.4 is 5.32 Å². The number of hydrogen-bond acceptors (Lipinski definition) is 5. The molecule has 1 aliphatic carbocycles. The van der Waals surface area contributed by atoms with E-state index in [9.17, 15) is 9.18 Å². The maximum absolute atomic E-state index is 12.9. The molecule has 23 heavy (non-hydrogen) atoms. The van der Waals surface area contributed by atoms with E-state index in [0.717, 1.165) is 26.4 Å². The van der Waals surface area contributed by atoms with Crippen molar-refractivity contribution in [3.8, 4) is 10.4 Å². The Balaban J connectivity index is 1.64. The van der Waals surface area contributed by atoms with Crippen LogP contribution in [0, 0.1) is 19.8 Å². The highest BCUT2D eigenvalue weighted by Crippen LogP contribution is 2.37. The Morgan fingerprint density at radius 2 is 2.17 bits per heavy atom. The van der Waals surface area contributed by atoms with E-state index in [4.69, 9.17) is 0 Å². The number of anilines is 1. The van der Waals surface area contributed by atoms with Gasteiger partial charge >= 0.3 is 0 Å². The molecule has 2 atom stereocenters. The van der Waals surface area contributed by atoms with Gasteiger partial charge in [-0.2, -0.15) is 4.37 Å². The van der Waals surface area contributed by atoms with Gasteiger partial charge in [-0.05, 0) is 55.1 Å². The molecule has 1 fully saturated rings. The van der Waals surface area contributed by atoms with Crippen molar-refractivity contribution in [3.63, 3.8) is 0 Å². The van der Waals surface area contributed by atoms with Crippen LogP contribution in [-0.2, 0) is 4.79 Å². The lowest BCUT2D eigenvalue weighted by Gasteiger charge is -1.98. The number of nitrogens with one attached hydrogen (secondary N) is 1. The molecule has 1 saturated carbocycles. The van der Waals surface area contributed by atoms with E-state index < -0.39 is 12.1 Å². The number of halogens is 1. The van der Waals surface area contributed by atoms with Crippen molar-refractivity contribution in [3.05, 3.63) is 29.5 Å². The number of carbonyl (C=O) groups is 1. The number of rotatable bonds is 3.